The summed E-state index contributed by atoms with van der Waals surface area (Å²) in [5.74, 6) is 1.04. The highest BCUT2D eigenvalue weighted by molar-refractivity contribution is 5.91. The third-order valence-electron chi connectivity index (χ3n) is 6.96. The molecule has 6 nitrogen and oxygen atoms in total. The van der Waals surface area contributed by atoms with Gasteiger partial charge in [-0.25, -0.2) is 0 Å². The maximum absolute atomic E-state index is 12.6. The van der Waals surface area contributed by atoms with Gasteiger partial charge in [0.15, 0.2) is 0 Å². The molecule has 2 rings (SSSR count). The summed E-state index contributed by atoms with van der Waals surface area (Å²) in [6, 6.07) is 7.93. The Morgan fingerprint density at radius 1 is 0.971 bits per heavy atom. The van der Waals surface area contributed by atoms with Crippen molar-refractivity contribution in [2.75, 3.05) is 45.9 Å². The van der Waals surface area contributed by atoms with Crippen molar-refractivity contribution >= 4 is 17.9 Å². The van der Waals surface area contributed by atoms with Crippen molar-refractivity contribution in [2.24, 2.45) is 5.41 Å². The zero-order valence-electron chi connectivity index (χ0n) is 22.5. The van der Waals surface area contributed by atoms with Crippen LogP contribution in [0.4, 0.5) is 0 Å². The number of hydrogen-bond acceptors (Lipinski definition) is 4. The summed E-state index contributed by atoms with van der Waals surface area (Å²) in [6.07, 6.45) is 11.9. The minimum absolute atomic E-state index is 0.0473. The van der Waals surface area contributed by atoms with Crippen molar-refractivity contribution in [1.82, 2.24) is 15.1 Å². The van der Waals surface area contributed by atoms with Crippen LogP contribution in [0.5, 0.6) is 5.75 Å². The van der Waals surface area contributed by atoms with Crippen LogP contribution in [0.2, 0.25) is 0 Å². The Balaban J connectivity index is 1.64. The highest BCUT2D eigenvalue weighted by Crippen LogP contribution is 2.19. The Hall–Kier alpha value is -2.34. The molecule has 0 radical (unpaired) electrons. The highest BCUT2D eigenvalue weighted by Gasteiger charge is 2.25. The van der Waals surface area contributed by atoms with Gasteiger partial charge in [-0.2, -0.15) is 0 Å². The summed E-state index contributed by atoms with van der Waals surface area (Å²) >= 11 is 0. The first kappa shape index (κ1) is 28.9. The number of carbonyl (C=O) groups is 2. The molecule has 0 aromatic heterocycles. The molecule has 1 N–H and O–H groups in total. The number of rotatable bonds is 15. The predicted molar refractivity (Wildman–Crippen MR) is 144 cm³/mol. The van der Waals surface area contributed by atoms with E-state index < -0.39 is 0 Å². The van der Waals surface area contributed by atoms with Gasteiger partial charge in [0.05, 0.1) is 6.61 Å². The number of nitrogens with zero attached hydrogens (tertiary/aromatic N) is 2. The van der Waals surface area contributed by atoms with Gasteiger partial charge < -0.3 is 15.0 Å². The van der Waals surface area contributed by atoms with Crippen molar-refractivity contribution < 1.29 is 14.3 Å². The van der Waals surface area contributed by atoms with Crippen molar-refractivity contribution in [1.29, 1.82) is 0 Å². The van der Waals surface area contributed by atoms with Crippen molar-refractivity contribution in [3.63, 3.8) is 0 Å². The average Bonchev–Trinajstić information content (AvgIpc) is 2.87. The van der Waals surface area contributed by atoms with E-state index in [2.05, 4.69) is 17.1 Å². The third-order valence-corrected chi connectivity index (χ3v) is 6.96. The standard InChI is InChI=1S/C29H47N3O3/c1-5-7-8-9-10-11-24-35-26-15-12-25(13-16-26)14-17-27(33)32-22-20-31(21-23-32)19-18-30-28(34)29(3,4)6-2/h12-17H,5-11,18-24H2,1-4H3,(H,30,34)/b17-14+. The van der Waals surface area contributed by atoms with Crippen LogP contribution in [0, 0.1) is 5.41 Å². The quantitative estimate of drug-likeness (QED) is 0.276. The van der Waals surface area contributed by atoms with E-state index in [0.29, 0.717) is 19.6 Å². The van der Waals surface area contributed by atoms with E-state index in [1.807, 2.05) is 56.0 Å². The van der Waals surface area contributed by atoms with E-state index in [-0.39, 0.29) is 17.2 Å². The van der Waals surface area contributed by atoms with Gasteiger partial charge in [0, 0.05) is 50.8 Å². The lowest BCUT2D eigenvalue weighted by atomic mass is 9.89. The molecule has 1 fully saturated rings. The van der Waals surface area contributed by atoms with Gasteiger partial charge in [-0.15, -0.1) is 0 Å². The second-order valence-corrected chi connectivity index (χ2v) is 10.2. The summed E-state index contributed by atoms with van der Waals surface area (Å²) in [6.45, 7) is 13.5. The van der Waals surface area contributed by atoms with Gasteiger partial charge in [0.1, 0.15) is 5.75 Å². The van der Waals surface area contributed by atoms with Crippen LogP contribution in [0.1, 0.15) is 78.2 Å². The van der Waals surface area contributed by atoms with Gasteiger partial charge >= 0.3 is 0 Å². The Bertz CT molecular complexity index is 781. The molecule has 0 saturated carbocycles. The van der Waals surface area contributed by atoms with Crippen LogP contribution in [0.25, 0.3) is 6.08 Å². The first-order chi connectivity index (χ1) is 16.9. The first-order valence-electron chi connectivity index (χ1n) is 13.6. The Morgan fingerprint density at radius 2 is 1.63 bits per heavy atom. The molecule has 0 atom stereocenters. The highest BCUT2D eigenvalue weighted by atomic mass is 16.5. The van der Waals surface area contributed by atoms with E-state index >= 15 is 0 Å². The fourth-order valence-electron chi connectivity index (χ4n) is 3.94. The second kappa shape index (κ2) is 15.6. The maximum atomic E-state index is 12.6. The van der Waals surface area contributed by atoms with Gasteiger partial charge in [0.2, 0.25) is 11.8 Å². The van der Waals surface area contributed by atoms with E-state index in [1.54, 1.807) is 6.08 Å². The Kier molecular flexibility index (Phi) is 12.9. The summed E-state index contributed by atoms with van der Waals surface area (Å²) in [7, 11) is 0. The molecule has 1 saturated heterocycles. The molecule has 6 heteroatoms. The Labute approximate surface area is 213 Å². The van der Waals surface area contributed by atoms with Crippen LogP contribution in [0.3, 0.4) is 0 Å². The number of amides is 2. The topological polar surface area (TPSA) is 61.9 Å². The van der Waals surface area contributed by atoms with E-state index in [1.165, 1.54) is 32.1 Å². The largest absolute Gasteiger partial charge is 0.494 e. The minimum Gasteiger partial charge on any atom is -0.494 e. The molecule has 0 spiro atoms. The number of piperazine rings is 1. The fraction of sp³-hybridized carbons (Fsp3) is 0.655. The van der Waals surface area contributed by atoms with Gasteiger partial charge in [-0.1, -0.05) is 71.9 Å². The van der Waals surface area contributed by atoms with E-state index in [4.69, 9.17) is 4.74 Å². The van der Waals surface area contributed by atoms with Crippen LogP contribution < -0.4 is 10.1 Å². The van der Waals surface area contributed by atoms with Gasteiger partial charge in [0.25, 0.3) is 0 Å². The zero-order valence-corrected chi connectivity index (χ0v) is 22.5. The smallest absolute Gasteiger partial charge is 0.246 e. The minimum atomic E-state index is -0.321. The normalized spacial score (nSPS) is 14.9. The maximum Gasteiger partial charge on any atom is 0.246 e. The molecule has 1 aromatic carbocycles. The first-order valence-corrected chi connectivity index (χ1v) is 13.6. The SMILES string of the molecule is CCCCCCCCOc1ccc(/C=C/C(=O)N2CCN(CCNC(=O)C(C)(C)CC)CC2)cc1. The molecule has 2 amide bonds. The molecule has 1 aliphatic heterocycles. The lowest BCUT2D eigenvalue weighted by Crippen LogP contribution is -2.50. The number of ether oxygens (including phenoxy) is 1. The Morgan fingerprint density at radius 3 is 2.29 bits per heavy atom. The number of benzene rings is 1. The van der Waals surface area contributed by atoms with Crippen LogP contribution in [-0.2, 0) is 9.59 Å². The lowest BCUT2D eigenvalue weighted by Gasteiger charge is -2.34. The van der Waals surface area contributed by atoms with Crippen molar-refractivity contribution in [3.8, 4) is 5.75 Å². The molecular weight excluding hydrogens is 438 g/mol. The molecule has 1 heterocycles. The number of hydrogen-bond donors (Lipinski definition) is 1. The van der Waals surface area contributed by atoms with Crippen molar-refractivity contribution in [2.45, 2.75) is 72.6 Å². The third kappa shape index (κ3) is 10.9. The van der Waals surface area contributed by atoms with Crippen LogP contribution in [-0.4, -0.2) is 67.5 Å². The second-order valence-electron chi connectivity index (χ2n) is 10.2. The molecule has 196 valence electrons. The molecule has 0 unspecified atom stereocenters. The molecular formula is C29H47N3O3. The number of carbonyl (C=O) groups excluding carboxylic acids is 2. The summed E-state index contributed by atoms with van der Waals surface area (Å²) in [4.78, 5) is 29.0. The fourth-order valence-corrected chi connectivity index (χ4v) is 3.94. The molecule has 1 aromatic rings. The summed E-state index contributed by atoms with van der Waals surface area (Å²) in [5.41, 5.74) is 0.674. The predicted octanol–water partition coefficient (Wildman–Crippen LogP) is 5.14. The average molecular weight is 486 g/mol. The number of nitrogens with one attached hydrogen (secondary N) is 1. The van der Waals surface area contributed by atoms with Crippen LogP contribution in [0.15, 0.2) is 30.3 Å². The van der Waals surface area contributed by atoms with Gasteiger partial charge in [-0.3, -0.25) is 14.5 Å². The van der Waals surface area contributed by atoms with E-state index in [0.717, 1.165) is 50.4 Å². The molecule has 0 aliphatic carbocycles. The number of unbranched alkanes of at least 4 members (excludes halogenated alkanes) is 5. The lowest BCUT2D eigenvalue weighted by molar-refractivity contribution is -0.129. The van der Waals surface area contributed by atoms with E-state index in [9.17, 15) is 9.59 Å². The molecule has 1 aliphatic rings. The zero-order chi connectivity index (χ0) is 25.5. The molecule has 0 bridgehead atoms. The monoisotopic (exact) mass is 485 g/mol. The summed E-state index contributed by atoms with van der Waals surface area (Å²) < 4.78 is 5.83. The summed E-state index contributed by atoms with van der Waals surface area (Å²) in [5, 5.41) is 3.04. The van der Waals surface area contributed by atoms with Crippen molar-refractivity contribution in [3.05, 3.63) is 35.9 Å². The van der Waals surface area contributed by atoms with Gasteiger partial charge in [-0.05, 0) is 36.6 Å². The van der Waals surface area contributed by atoms with Crippen LogP contribution >= 0.6 is 0 Å². The molecule has 35 heavy (non-hydrogen) atoms.